The molecule has 10 nitrogen and oxygen atoms in total. The van der Waals surface area contributed by atoms with Crippen LogP contribution >= 0.6 is 24.0 Å². The van der Waals surface area contributed by atoms with E-state index in [1.807, 2.05) is 13.0 Å². The molecule has 1 N–H and O–H groups in total. The Balaban J connectivity index is 0.00000306. The molecule has 184 valence electrons. The molecule has 0 aromatic carbocycles. The third-order valence-electron chi connectivity index (χ3n) is 6.10. The van der Waals surface area contributed by atoms with Crippen molar-refractivity contribution in [3.8, 4) is 0 Å². The van der Waals surface area contributed by atoms with Gasteiger partial charge in [-0.05, 0) is 26.2 Å². The molecule has 0 saturated carbocycles. The van der Waals surface area contributed by atoms with Gasteiger partial charge in [-0.25, -0.2) is 0 Å². The Morgan fingerprint density at radius 2 is 2.09 bits per heavy atom. The Labute approximate surface area is 213 Å². The van der Waals surface area contributed by atoms with Crippen LogP contribution in [0.25, 0.3) is 0 Å². The van der Waals surface area contributed by atoms with E-state index in [-0.39, 0.29) is 30.1 Å². The molecule has 33 heavy (non-hydrogen) atoms. The van der Waals surface area contributed by atoms with E-state index in [4.69, 9.17) is 14.3 Å². The van der Waals surface area contributed by atoms with Crippen molar-refractivity contribution in [2.45, 2.75) is 58.7 Å². The number of hydrogen-bond donors (Lipinski definition) is 1. The minimum Gasteiger partial charge on any atom is -0.376 e. The van der Waals surface area contributed by atoms with Crippen molar-refractivity contribution in [2.24, 2.45) is 4.99 Å². The first-order chi connectivity index (χ1) is 15.7. The summed E-state index contributed by atoms with van der Waals surface area (Å²) in [6.45, 7) is 11.8. The van der Waals surface area contributed by atoms with Gasteiger partial charge in [-0.1, -0.05) is 12.1 Å². The number of guanidine groups is 1. The quantitative estimate of drug-likeness (QED) is 0.292. The van der Waals surface area contributed by atoms with Crippen LogP contribution < -0.4 is 5.32 Å². The molecular formula is C22H37IN8O2. The van der Waals surface area contributed by atoms with Crippen molar-refractivity contribution >= 4 is 29.9 Å². The number of aryl methyl sites for hydroxylation is 2. The van der Waals surface area contributed by atoms with Crippen LogP contribution in [0.15, 0.2) is 21.9 Å². The zero-order chi connectivity index (χ0) is 22.2. The third kappa shape index (κ3) is 7.64. The summed E-state index contributed by atoms with van der Waals surface area (Å²) in [4.78, 5) is 9.74. The second-order valence-electron chi connectivity index (χ2n) is 8.57. The topological polar surface area (TPSA) is 96.8 Å². The maximum absolute atomic E-state index is 5.90. The van der Waals surface area contributed by atoms with E-state index in [1.165, 1.54) is 6.42 Å². The fraction of sp³-hybridized carbons (Fsp3) is 0.727. The van der Waals surface area contributed by atoms with E-state index in [0.717, 1.165) is 94.9 Å². The minimum absolute atomic E-state index is 0. The van der Waals surface area contributed by atoms with E-state index in [0.29, 0.717) is 6.54 Å². The normalized spacial score (nSPS) is 20.0. The largest absolute Gasteiger partial charge is 0.376 e. The Morgan fingerprint density at radius 3 is 2.79 bits per heavy atom. The summed E-state index contributed by atoms with van der Waals surface area (Å²) in [5.41, 5.74) is 0.998. The molecule has 0 spiro atoms. The van der Waals surface area contributed by atoms with Crippen molar-refractivity contribution < 1.29 is 9.26 Å². The zero-order valence-electron chi connectivity index (χ0n) is 19.8. The first-order valence-electron chi connectivity index (χ1n) is 11.9. The van der Waals surface area contributed by atoms with Crippen molar-refractivity contribution in [2.75, 3.05) is 45.9 Å². The summed E-state index contributed by atoms with van der Waals surface area (Å²) < 4.78 is 13.2. The number of nitrogens with zero attached hydrogens (tertiary/aromatic N) is 7. The van der Waals surface area contributed by atoms with Gasteiger partial charge in [-0.2, -0.15) is 0 Å². The molecular weight excluding hydrogens is 535 g/mol. The van der Waals surface area contributed by atoms with Gasteiger partial charge in [0.1, 0.15) is 17.9 Å². The number of aliphatic imine (C=N–C) groups is 1. The van der Waals surface area contributed by atoms with E-state index < -0.39 is 0 Å². The molecule has 2 aromatic heterocycles. The molecule has 2 aliphatic heterocycles. The summed E-state index contributed by atoms with van der Waals surface area (Å²) in [7, 11) is 0. The van der Waals surface area contributed by atoms with Crippen LogP contribution in [-0.4, -0.2) is 87.7 Å². The minimum atomic E-state index is 0. The average Bonchev–Trinajstić information content (AvgIpc) is 3.45. The molecule has 0 aliphatic carbocycles. The highest BCUT2D eigenvalue weighted by Crippen LogP contribution is 2.14. The van der Waals surface area contributed by atoms with Crippen LogP contribution in [0.3, 0.4) is 0 Å². The lowest BCUT2D eigenvalue weighted by molar-refractivity contribution is 0.0222. The lowest BCUT2D eigenvalue weighted by Crippen LogP contribution is -2.52. The second-order valence-corrected chi connectivity index (χ2v) is 8.57. The summed E-state index contributed by atoms with van der Waals surface area (Å²) >= 11 is 0. The predicted octanol–water partition coefficient (Wildman–Crippen LogP) is 2.09. The summed E-state index contributed by atoms with van der Waals surface area (Å²) in [6.07, 6.45) is 6.42. The first-order valence-corrected chi connectivity index (χ1v) is 11.9. The van der Waals surface area contributed by atoms with E-state index in [1.54, 1.807) is 6.33 Å². The van der Waals surface area contributed by atoms with Gasteiger partial charge >= 0.3 is 0 Å². The Bertz CT molecular complexity index is 856. The molecule has 2 aliphatic rings. The van der Waals surface area contributed by atoms with Crippen LogP contribution in [-0.2, 0) is 24.2 Å². The monoisotopic (exact) mass is 572 g/mol. The SMILES string of the molecule is CCc1nncn1CCNC(=NCC1CCCCO1)N1CCN(Cc2cc(C)on2)CC1.I. The van der Waals surface area contributed by atoms with Crippen LogP contribution in [0.2, 0.25) is 0 Å². The van der Waals surface area contributed by atoms with Crippen molar-refractivity contribution in [1.29, 1.82) is 0 Å². The highest BCUT2D eigenvalue weighted by molar-refractivity contribution is 14.0. The maximum Gasteiger partial charge on any atom is 0.194 e. The number of rotatable bonds is 8. The van der Waals surface area contributed by atoms with Crippen LogP contribution in [0.4, 0.5) is 0 Å². The van der Waals surface area contributed by atoms with Gasteiger partial charge in [0.05, 0.1) is 18.3 Å². The molecule has 2 saturated heterocycles. The van der Waals surface area contributed by atoms with Gasteiger partial charge in [-0.3, -0.25) is 9.89 Å². The van der Waals surface area contributed by atoms with Gasteiger partial charge in [0.25, 0.3) is 0 Å². The number of piperazine rings is 1. The van der Waals surface area contributed by atoms with Crippen molar-refractivity contribution in [1.82, 2.24) is 35.0 Å². The fourth-order valence-corrected chi connectivity index (χ4v) is 4.27. The van der Waals surface area contributed by atoms with Crippen LogP contribution in [0.1, 0.15) is 43.5 Å². The highest BCUT2D eigenvalue weighted by atomic mass is 127. The van der Waals surface area contributed by atoms with Gasteiger partial charge in [0.2, 0.25) is 0 Å². The smallest absolute Gasteiger partial charge is 0.194 e. The Kier molecular flexibility index (Phi) is 10.4. The van der Waals surface area contributed by atoms with E-state index in [2.05, 4.69) is 42.0 Å². The molecule has 0 radical (unpaired) electrons. The number of hydrogen-bond acceptors (Lipinski definition) is 7. The van der Waals surface area contributed by atoms with Gasteiger partial charge in [0, 0.05) is 64.9 Å². The van der Waals surface area contributed by atoms with Crippen LogP contribution in [0, 0.1) is 6.92 Å². The second kappa shape index (κ2) is 13.2. The molecule has 1 unspecified atom stereocenters. The summed E-state index contributed by atoms with van der Waals surface area (Å²) in [5, 5.41) is 15.9. The zero-order valence-corrected chi connectivity index (χ0v) is 22.1. The number of halogens is 1. The van der Waals surface area contributed by atoms with E-state index in [9.17, 15) is 0 Å². The molecule has 2 aromatic rings. The van der Waals surface area contributed by atoms with Gasteiger partial charge in [0.15, 0.2) is 5.96 Å². The lowest BCUT2D eigenvalue weighted by Gasteiger charge is -2.36. The standard InChI is InChI=1S/C22H36N8O2.HI/c1-3-21-26-25-17-30(21)8-7-23-22(24-15-20-6-4-5-13-31-20)29-11-9-28(10-12-29)16-19-14-18(2)32-27-19;/h14,17,20H,3-13,15-16H2,1-2H3,(H,23,24);1H. The number of aromatic nitrogens is 4. The first kappa shape index (κ1) is 25.9. The van der Waals surface area contributed by atoms with Gasteiger partial charge < -0.3 is 24.0 Å². The van der Waals surface area contributed by atoms with Crippen molar-refractivity contribution in [3.63, 3.8) is 0 Å². The van der Waals surface area contributed by atoms with E-state index >= 15 is 0 Å². The molecule has 2 fully saturated rings. The molecule has 11 heteroatoms. The van der Waals surface area contributed by atoms with Crippen LogP contribution in [0.5, 0.6) is 0 Å². The molecule has 0 amide bonds. The number of nitrogens with one attached hydrogen (secondary N) is 1. The molecule has 4 rings (SSSR count). The Morgan fingerprint density at radius 1 is 1.24 bits per heavy atom. The highest BCUT2D eigenvalue weighted by Gasteiger charge is 2.22. The van der Waals surface area contributed by atoms with Gasteiger partial charge in [-0.15, -0.1) is 34.2 Å². The molecule has 4 heterocycles. The maximum atomic E-state index is 5.90. The third-order valence-corrected chi connectivity index (χ3v) is 6.10. The molecule has 1 atom stereocenters. The van der Waals surface area contributed by atoms with Crippen molar-refractivity contribution in [3.05, 3.63) is 29.7 Å². The molecule has 0 bridgehead atoms. The predicted molar refractivity (Wildman–Crippen MR) is 137 cm³/mol. The fourth-order valence-electron chi connectivity index (χ4n) is 4.27. The lowest BCUT2D eigenvalue weighted by atomic mass is 10.1. The number of ether oxygens (including phenoxy) is 1. The summed E-state index contributed by atoms with van der Waals surface area (Å²) in [6, 6.07) is 2.01. The average molecular weight is 572 g/mol. The Hall–Kier alpha value is -1.73. The summed E-state index contributed by atoms with van der Waals surface area (Å²) in [5.74, 6) is 2.85.